The minimum atomic E-state index is 0.502. The Morgan fingerprint density at radius 1 is 1.42 bits per heavy atom. The molecule has 1 atom stereocenters. The molecule has 0 radical (unpaired) electrons. The maximum Gasteiger partial charge on any atom is 0.0542 e. The van der Waals surface area contributed by atoms with Crippen molar-refractivity contribution >= 4 is 11.3 Å². The van der Waals surface area contributed by atoms with Crippen LogP contribution in [0.5, 0.6) is 0 Å². The lowest BCUT2D eigenvalue weighted by Gasteiger charge is -2.24. The number of nitrogens with two attached hydrogens (primary N) is 1. The molecule has 0 aliphatic rings. The first-order valence-electron chi connectivity index (χ1n) is 6.55. The first kappa shape index (κ1) is 14.2. The number of hydrogen-bond acceptors (Lipinski definition) is 4. The van der Waals surface area contributed by atoms with E-state index in [-0.39, 0.29) is 0 Å². The second kappa shape index (κ2) is 6.80. The third kappa shape index (κ3) is 4.13. The molecule has 0 spiro atoms. The van der Waals surface area contributed by atoms with Crippen LogP contribution in [0.1, 0.15) is 23.1 Å². The van der Waals surface area contributed by atoms with Crippen molar-refractivity contribution in [2.75, 3.05) is 7.05 Å². The van der Waals surface area contributed by atoms with Crippen molar-refractivity contribution in [3.63, 3.8) is 0 Å². The highest BCUT2D eigenvalue weighted by molar-refractivity contribution is 7.09. The van der Waals surface area contributed by atoms with E-state index in [4.69, 9.17) is 5.73 Å². The summed E-state index contributed by atoms with van der Waals surface area (Å²) >= 11 is 1.83. The molecule has 2 aromatic rings. The lowest BCUT2D eigenvalue weighted by Crippen LogP contribution is -2.30. The smallest absolute Gasteiger partial charge is 0.0542 e. The van der Waals surface area contributed by atoms with Gasteiger partial charge in [0.15, 0.2) is 0 Å². The predicted molar refractivity (Wildman–Crippen MR) is 81.1 cm³/mol. The molecule has 0 saturated carbocycles. The molecule has 3 nitrogen and oxygen atoms in total. The highest BCUT2D eigenvalue weighted by Crippen LogP contribution is 2.15. The SMILES string of the molecule is CC(Cc1cccs1)N(C)Cc1ccnc(CN)c1. The molecular weight excluding hydrogens is 254 g/mol. The molecular formula is C15H21N3S. The van der Waals surface area contributed by atoms with E-state index < -0.39 is 0 Å². The molecule has 0 aliphatic heterocycles. The molecule has 0 saturated heterocycles. The number of hydrogen-bond donors (Lipinski definition) is 1. The fourth-order valence-electron chi connectivity index (χ4n) is 2.06. The van der Waals surface area contributed by atoms with Gasteiger partial charge in [0.1, 0.15) is 0 Å². The average molecular weight is 275 g/mol. The summed E-state index contributed by atoms with van der Waals surface area (Å²) in [5.74, 6) is 0. The Bertz CT molecular complexity index is 496. The number of nitrogens with zero attached hydrogens (tertiary/aromatic N) is 2. The van der Waals surface area contributed by atoms with Crippen LogP contribution in [0, 0.1) is 0 Å². The Balaban J connectivity index is 1.93. The van der Waals surface area contributed by atoms with Crippen LogP contribution in [-0.2, 0) is 19.5 Å². The molecule has 2 aromatic heterocycles. The zero-order chi connectivity index (χ0) is 13.7. The normalized spacial score (nSPS) is 12.8. The Kier molecular flexibility index (Phi) is 5.07. The zero-order valence-electron chi connectivity index (χ0n) is 11.5. The zero-order valence-corrected chi connectivity index (χ0v) is 12.4. The molecule has 2 rings (SSSR count). The van der Waals surface area contributed by atoms with Crippen molar-refractivity contribution in [3.8, 4) is 0 Å². The Hall–Kier alpha value is -1.23. The summed E-state index contributed by atoms with van der Waals surface area (Å²) < 4.78 is 0. The Morgan fingerprint density at radius 3 is 2.95 bits per heavy atom. The summed E-state index contributed by atoms with van der Waals surface area (Å²) in [4.78, 5) is 8.04. The van der Waals surface area contributed by atoms with Crippen LogP contribution in [0.2, 0.25) is 0 Å². The molecule has 0 aliphatic carbocycles. The van der Waals surface area contributed by atoms with Crippen LogP contribution >= 0.6 is 11.3 Å². The molecule has 0 amide bonds. The largest absolute Gasteiger partial charge is 0.325 e. The van der Waals surface area contributed by atoms with Gasteiger partial charge in [-0.25, -0.2) is 0 Å². The van der Waals surface area contributed by atoms with Crippen molar-refractivity contribution in [2.24, 2.45) is 5.73 Å². The molecule has 4 heteroatoms. The summed E-state index contributed by atoms with van der Waals surface area (Å²) in [6.45, 7) is 3.70. The fourth-order valence-corrected chi connectivity index (χ4v) is 2.88. The van der Waals surface area contributed by atoms with Gasteiger partial charge in [-0.2, -0.15) is 0 Å². The summed E-state index contributed by atoms with van der Waals surface area (Å²) in [6, 6.07) is 8.99. The van der Waals surface area contributed by atoms with Crippen LogP contribution in [0.25, 0.3) is 0 Å². The van der Waals surface area contributed by atoms with Gasteiger partial charge in [0, 0.05) is 30.2 Å². The number of pyridine rings is 1. The fraction of sp³-hybridized carbons (Fsp3) is 0.400. The van der Waals surface area contributed by atoms with Gasteiger partial charge in [-0.3, -0.25) is 9.88 Å². The minimum Gasteiger partial charge on any atom is -0.325 e. The van der Waals surface area contributed by atoms with E-state index in [2.05, 4.69) is 53.5 Å². The molecule has 0 bridgehead atoms. The predicted octanol–water partition coefficient (Wildman–Crippen LogP) is 2.66. The van der Waals surface area contributed by atoms with Gasteiger partial charge < -0.3 is 5.73 Å². The van der Waals surface area contributed by atoms with E-state index in [1.165, 1.54) is 10.4 Å². The molecule has 2 heterocycles. The van der Waals surface area contributed by atoms with E-state index >= 15 is 0 Å². The van der Waals surface area contributed by atoms with Crippen LogP contribution in [0.15, 0.2) is 35.8 Å². The lowest BCUT2D eigenvalue weighted by atomic mass is 10.1. The third-order valence-electron chi connectivity index (χ3n) is 3.35. The summed E-state index contributed by atoms with van der Waals surface area (Å²) in [5.41, 5.74) is 7.85. The topological polar surface area (TPSA) is 42.2 Å². The second-order valence-electron chi connectivity index (χ2n) is 4.91. The van der Waals surface area contributed by atoms with E-state index in [0.717, 1.165) is 18.7 Å². The number of aromatic nitrogens is 1. The molecule has 1 unspecified atom stereocenters. The van der Waals surface area contributed by atoms with Crippen molar-refractivity contribution in [1.29, 1.82) is 0 Å². The van der Waals surface area contributed by atoms with Gasteiger partial charge in [0.25, 0.3) is 0 Å². The molecule has 19 heavy (non-hydrogen) atoms. The molecule has 0 fully saturated rings. The highest BCUT2D eigenvalue weighted by atomic mass is 32.1. The van der Waals surface area contributed by atoms with Crippen molar-refractivity contribution < 1.29 is 0 Å². The quantitative estimate of drug-likeness (QED) is 0.881. The van der Waals surface area contributed by atoms with Gasteiger partial charge in [0.2, 0.25) is 0 Å². The Labute approximate surface area is 119 Å². The highest BCUT2D eigenvalue weighted by Gasteiger charge is 2.11. The van der Waals surface area contributed by atoms with Crippen LogP contribution in [0.3, 0.4) is 0 Å². The summed E-state index contributed by atoms with van der Waals surface area (Å²) in [6.07, 6.45) is 2.94. The first-order chi connectivity index (χ1) is 9.19. The molecule has 2 N–H and O–H groups in total. The van der Waals surface area contributed by atoms with E-state index in [9.17, 15) is 0 Å². The number of likely N-dealkylation sites (N-methyl/N-ethyl adjacent to an activating group) is 1. The maximum atomic E-state index is 5.62. The van der Waals surface area contributed by atoms with Crippen molar-refractivity contribution in [2.45, 2.75) is 32.5 Å². The van der Waals surface area contributed by atoms with Gasteiger partial charge in [-0.05, 0) is 49.5 Å². The standard InChI is InChI=1S/C15H21N3S/c1-12(8-15-4-3-7-19-15)18(2)11-13-5-6-17-14(9-13)10-16/h3-7,9,12H,8,10-11,16H2,1-2H3. The van der Waals surface area contributed by atoms with Gasteiger partial charge in [-0.1, -0.05) is 6.07 Å². The minimum absolute atomic E-state index is 0.502. The van der Waals surface area contributed by atoms with E-state index in [1.807, 2.05) is 17.5 Å². The van der Waals surface area contributed by atoms with Gasteiger partial charge in [0.05, 0.1) is 5.69 Å². The number of rotatable bonds is 6. The summed E-state index contributed by atoms with van der Waals surface area (Å²) in [5, 5.41) is 2.14. The first-order valence-corrected chi connectivity index (χ1v) is 7.43. The molecule has 102 valence electrons. The molecule has 0 aromatic carbocycles. The van der Waals surface area contributed by atoms with Crippen molar-refractivity contribution in [1.82, 2.24) is 9.88 Å². The summed E-state index contributed by atoms with van der Waals surface area (Å²) in [7, 11) is 2.17. The monoisotopic (exact) mass is 275 g/mol. The van der Waals surface area contributed by atoms with Crippen molar-refractivity contribution in [3.05, 3.63) is 52.0 Å². The van der Waals surface area contributed by atoms with E-state index in [1.54, 1.807) is 0 Å². The second-order valence-corrected chi connectivity index (χ2v) is 5.94. The van der Waals surface area contributed by atoms with Crippen LogP contribution < -0.4 is 5.73 Å². The average Bonchev–Trinajstić information content (AvgIpc) is 2.91. The van der Waals surface area contributed by atoms with Gasteiger partial charge in [-0.15, -0.1) is 11.3 Å². The van der Waals surface area contributed by atoms with E-state index in [0.29, 0.717) is 12.6 Å². The maximum absolute atomic E-state index is 5.62. The van der Waals surface area contributed by atoms with Crippen LogP contribution in [0.4, 0.5) is 0 Å². The van der Waals surface area contributed by atoms with Gasteiger partial charge >= 0.3 is 0 Å². The number of thiophene rings is 1. The lowest BCUT2D eigenvalue weighted by molar-refractivity contribution is 0.249. The third-order valence-corrected chi connectivity index (χ3v) is 4.25. The Morgan fingerprint density at radius 2 is 2.26 bits per heavy atom. The van der Waals surface area contributed by atoms with Crippen LogP contribution in [-0.4, -0.2) is 23.0 Å².